The highest BCUT2D eigenvalue weighted by Crippen LogP contribution is 2.34. The predicted molar refractivity (Wildman–Crippen MR) is 103 cm³/mol. The smallest absolute Gasteiger partial charge is 0.307 e. The van der Waals surface area contributed by atoms with E-state index in [4.69, 9.17) is 4.74 Å². The molecule has 27 heavy (non-hydrogen) atoms. The number of esters is 1. The summed E-state index contributed by atoms with van der Waals surface area (Å²) >= 11 is 2.84. The zero-order valence-corrected chi connectivity index (χ0v) is 15.8. The molecule has 4 rings (SSSR count). The minimum atomic E-state index is -0.438. The van der Waals surface area contributed by atoms with Crippen molar-refractivity contribution >= 4 is 45.6 Å². The Morgan fingerprint density at radius 1 is 1.26 bits per heavy atom. The van der Waals surface area contributed by atoms with E-state index in [1.165, 1.54) is 33.6 Å². The van der Waals surface area contributed by atoms with Crippen LogP contribution >= 0.6 is 23.1 Å². The Balaban J connectivity index is 1.37. The molecular formula is C18H15N3O4S2. The molecule has 0 atom stereocenters. The molecule has 1 amide bonds. The Hall–Kier alpha value is -2.65. The van der Waals surface area contributed by atoms with Gasteiger partial charge in [0.25, 0.3) is 5.56 Å². The summed E-state index contributed by atoms with van der Waals surface area (Å²) in [6.45, 7) is 0.193. The SMILES string of the molecule is O=C(CCN1C(=O)CSc2ccccc21)OCc1cc(=O)n2ccsc2n1. The van der Waals surface area contributed by atoms with E-state index in [-0.39, 0.29) is 31.0 Å². The van der Waals surface area contributed by atoms with Gasteiger partial charge >= 0.3 is 5.97 Å². The van der Waals surface area contributed by atoms with Gasteiger partial charge in [-0.05, 0) is 12.1 Å². The van der Waals surface area contributed by atoms with Crippen LogP contribution in [0.4, 0.5) is 5.69 Å². The molecule has 3 aromatic rings. The van der Waals surface area contributed by atoms with Crippen LogP contribution in [0.5, 0.6) is 0 Å². The first-order valence-electron chi connectivity index (χ1n) is 8.25. The number of fused-ring (bicyclic) bond motifs is 2. The van der Waals surface area contributed by atoms with E-state index < -0.39 is 5.97 Å². The van der Waals surface area contributed by atoms with Gasteiger partial charge in [-0.1, -0.05) is 12.1 Å². The zero-order valence-electron chi connectivity index (χ0n) is 14.2. The van der Waals surface area contributed by atoms with Crippen molar-refractivity contribution in [1.82, 2.24) is 9.38 Å². The number of hydrogen-bond donors (Lipinski definition) is 0. The molecule has 0 bridgehead atoms. The Kier molecular flexibility index (Phi) is 4.95. The van der Waals surface area contributed by atoms with Gasteiger partial charge < -0.3 is 9.64 Å². The summed E-state index contributed by atoms with van der Waals surface area (Å²) in [4.78, 5) is 43.7. The van der Waals surface area contributed by atoms with Crippen molar-refractivity contribution in [3.63, 3.8) is 0 Å². The fourth-order valence-corrected chi connectivity index (χ4v) is 4.46. The maximum atomic E-state index is 12.2. The Labute approximate surface area is 162 Å². The molecule has 1 aromatic carbocycles. The van der Waals surface area contributed by atoms with Crippen LogP contribution in [0.25, 0.3) is 4.96 Å². The van der Waals surface area contributed by atoms with Crippen molar-refractivity contribution in [2.45, 2.75) is 17.9 Å². The molecule has 3 heterocycles. The third kappa shape index (κ3) is 3.74. The maximum Gasteiger partial charge on any atom is 0.307 e. The Bertz CT molecular complexity index is 1080. The molecule has 0 saturated carbocycles. The average molecular weight is 401 g/mol. The molecule has 9 heteroatoms. The third-order valence-corrected chi connectivity index (χ3v) is 5.89. The average Bonchev–Trinajstić information content (AvgIpc) is 3.15. The number of ether oxygens (including phenoxy) is 1. The summed E-state index contributed by atoms with van der Waals surface area (Å²) in [5.41, 5.74) is 1.02. The molecule has 0 unspecified atom stereocenters. The molecule has 0 radical (unpaired) electrons. The highest BCUT2D eigenvalue weighted by molar-refractivity contribution is 8.00. The molecule has 1 aliphatic rings. The summed E-state index contributed by atoms with van der Waals surface area (Å²) in [5.74, 6) is -0.100. The van der Waals surface area contributed by atoms with Gasteiger partial charge in [0.1, 0.15) is 6.61 Å². The number of benzene rings is 1. The van der Waals surface area contributed by atoms with Crippen LogP contribution in [0.2, 0.25) is 0 Å². The summed E-state index contributed by atoms with van der Waals surface area (Å²) in [5, 5.41) is 1.77. The van der Waals surface area contributed by atoms with Gasteiger partial charge in [0.15, 0.2) is 4.96 Å². The van der Waals surface area contributed by atoms with E-state index in [2.05, 4.69) is 4.98 Å². The number of aromatic nitrogens is 2. The number of nitrogens with zero attached hydrogens (tertiary/aromatic N) is 3. The second-order valence-electron chi connectivity index (χ2n) is 5.85. The second-order valence-corrected chi connectivity index (χ2v) is 7.74. The second kappa shape index (κ2) is 7.53. The lowest BCUT2D eigenvalue weighted by Crippen LogP contribution is -2.37. The summed E-state index contributed by atoms with van der Waals surface area (Å²) < 4.78 is 6.67. The number of para-hydroxylation sites is 1. The standard InChI is InChI=1S/C18H15N3O4S2/c22-15-9-12(19-18-21(15)7-8-26-18)10-25-17(24)5-6-20-13-3-1-2-4-14(13)27-11-16(20)23/h1-4,7-9H,5-6,10-11H2. The number of carbonyl (C=O) groups excluding carboxylic acids is 2. The molecule has 0 spiro atoms. The third-order valence-electron chi connectivity index (χ3n) is 4.09. The van der Waals surface area contributed by atoms with Crippen LogP contribution in [-0.4, -0.2) is 33.6 Å². The van der Waals surface area contributed by atoms with E-state index in [0.717, 1.165) is 10.6 Å². The van der Waals surface area contributed by atoms with Crippen molar-refractivity contribution in [3.05, 3.63) is 58.0 Å². The largest absolute Gasteiger partial charge is 0.459 e. The molecule has 0 aliphatic carbocycles. The van der Waals surface area contributed by atoms with Crippen LogP contribution in [0.1, 0.15) is 12.1 Å². The predicted octanol–water partition coefficient (Wildman–Crippen LogP) is 2.33. The number of amides is 1. The molecule has 2 aromatic heterocycles. The van der Waals surface area contributed by atoms with Gasteiger partial charge in [0.05, 0.1) is 23.6 Å². The van der Waals surface area contributed by atoms with Crippen LogP contribution in [-0.2, 0) is 20.9 Å². The Morgan fingerprint density at radius 3 is 3.00 bits per heavy atom. The quantitative estimate of drug-likeness (QED) is 0.611. The highest BCUT2D eigenvalue weighted by Gasteiger charge is 2.24. The van der Waals surface area contributed by atoms with Gasteiger partial charge in [-0.25, -0.2) is 4.98 Å². The lowest BCUT2D eigenvalue weighted by Gasteiger charge is -2.28. The first-order valence-corrected chi connectivity index (χ1v) is 10.1. The number of rotatable bonds is 5. The van der Waals surface area contributed by atoms with Gasteiger partial charge in [0, 0.05) is 29.1 Å². The number of thioether (sulfide) groups is 1. The number of hydrogen-bond acceptors (Lipinski definition) is 7. The van der Waals surface area contributed by atoms with Crippen molar-refractivity contribution in [3.8, 4) is 0 Å². The molecule has 138 valence electrons. The van der Waals surface area contributed by atoms with E-state index in [1.807, 2.05) is 24.3 Å². The van der Waals surface area contributed by atoms with Crippen LogP contribution in [0, 0.1) is 0 Å². The molecule has 0 saturated heterocycles. The van der Waals surface area contributed by atoms with Gasteiger partial charge in [-0.2, -0.15) is 0 Å². The number of carbonyl (C=O) groups is 2. The van der Waals surface area contributed by atoms with E-state index in [1.54, 1.807) is 16.5 Å². The van der Waals surface area contributed by atoms with E-state index in [9.17, 15) is 14.4 Å². The van der Waals surface area contributed by atoms with Crippen molar-refractivity contribution in [1.29, 1.82) is 0 Å². The monoisotopic (exact) mass is 401 g/mol. The zero-order chi connectivity index (χ0) is 18.8. The summed E-state index contributed by atoms with van der Waals surface area (Å²) in [6, 6.07) is 8.98. The number of thiazole rings is 1. The lowest BCUT2D eigenvalue weighted by atomic mass is 10.2. The first-order chi connectivity index (χ1) is 13.1. The topological polar surface area (TPSA) is 81.0 Å². The summed E-state index contributed by atoms with van der Waals surface area (Å²) in [6.07, 6.45) is 1.72. The molecule has 0 N–H and O–H groups in total. The molecule has 1 aliphatic heterocycles. The van der Waals surface area contributed by atoms with Crippen LogP contribution < -0.4 is 10.5 Å². The number of anilines is 1. The lowest BCUT2D eigenvalue weighted by molar-refractivity contribution is -0.144. The van der Waals surface area contributed by atoms with Crippen LogP contribution in [0.3, 0.4) is 0 Å². The molecule has 7 nitrogen and oxygen atoms in total. The van der Waals surface area contributed by atoms with Crippen molar-refractivity contribution < 1.29 is 14.3 Å². The van der Waals surface area contributed by atoms with E-state index in [0.29, 0.717) is 16.4 Å². The normalized spacial score (nSPS) is 13.6. The minimum absolute atomic E-state index is 0.0238. The van der Waals surface area contributed by atoms with E-state index >= 15 is 0 Å². The van der Waals surface area contributed by atoms with Gasteiger partial charge in [-0.15, -0.1) is 23.1 Å². The molecule has 0 fully saturated rings. The summed E-state index contributed by atoms with van der Waals surface area (Å²) in [7, 11) is 0. The highest BCUT2D eigenvalue weighted by atomic mass is 32.2. The Morgan fingerprint density at radius 2 is 2.11 bits per heavy atom. The van der Waals surface area contributed by atoms with Crippen molar-refractivity contribution in [2.75, 3.05) is 17.2 Å². The van der Waals surface area contributed by atoms with Gasteiger partial charge in [-0.3, -0.25) is 18.8 Å². The van der Waals surface area contributed by atoms with Gasteiger partial charge in [0.2, 0.25) is 5.91 Å². The molecular weight excluding hydrogens is 386 g/mol. The minimum Gasteiger partial charge on any atom is -0.459 e. The maximum absolute atomic E-state index is 12.2. The fourth-order valence-electron chi connectivity index (χ4n) is 2.79. The first kappa shape index (κ1) is 17.7. The van der Waals surface area contributed by atoms with Crippen molar-refractivity contribution in [2.24, 2.45) is 0 Å². The fraction of sp³-hybridized carbons (Fsp3) is 0.222. The van der Waals surface area contributed by atoms with Crippen LogP contribution in [0.15, 0.2) is 51.6 Å².